The van der Waals surface area contributed by atoms with E-state index in [0.29, 0.717) is 45.3 Å². The average molecular weight is 543 g/mol. The van der Waals surface area contributed by atoms with Gasteiger partial charge in [-0.2, -0.15) is 0 Å². The molecule has 2 aromatic rings. The summed E-state index contributed by atoms with van der Waals surface area (Å²) in [6, 6.07) is 5.86. The molecule has 1 aromatic carbocycles. The summed E-state index contributed by atoms with van der Waals surface area (Å²) in [6.45, 7) is 0.892. The molecule has 0 bridgehead atoms. The molecule has 0 unspecified atom stereocenters. The summed E-state index contributed by atoms with van der Waals surface area (Å²) in [5, 5.41) is 7.49. The fourth-order valence-corrected chi connectivity index (χ4v) is 4.77. The number of Topliss-reactive ketones (excluding diaryl/α,β-unsaturated/α-hetero) is 1. The molecule has 0 radical (unpaired) electrons. The van der Waals surface area contributed by atoms with E-state index in [-0.39, 0.29) is 41.5 Å². The molecule has 0 saturated carbocycles. The van der Waals surface area contributed by atoms with Crippen LogP contribution in [0.15, 0.2) is 40.8 Å². The second-order valence-electron chi connectivity index (χ2n) is 8.99. The van der Waals surface area contributed by atoms with Gasteiger partial charge in [-0.25, -0.2) is 4.98 Å². The molecule has 13 heteroatoms. The highest BCUT2D eigenvalue weighted by atomic mass is 32.1. The lowest BCUT2D eigenvalue weighted by atomic mass is 10.0. The topological polar surface area (TPSA) is 199 Å². The molecule has 1 fully saturated rings. The first kappa shape index (κ1) is 28.7. The third kappa shape index (κ3) is 8.63. The summed E-state index contributed by atoms with van der Waals surface area (Å²) >= 11 is 1.18. The van der Waals surface area contributed by atoms with Gasteiger partial charge in [0.1, 0.15) is 6.04 Å². The van der Waals surface area contributed by atoms with Crippen LogP contribution in [-0.4, -0.2) is 71.1 Å². The number of carbonyl (C=O) groups excluding carboxylic acids is 4. The van der Waals surface area contributed by atoms with Gasteiger partial charge in [0.2, 0.25) is 23.5 Å². The first-order chi connectivity index (χ1) is 18.3. The van der Waals surface area contributed by atoms with Crippen LogP contribution in [0, 0.1) is 0 Å². The molecule has 1 aliphatic heterocycles. The lowest BCUT2D eigenvalue weighted by Gasteiger charge is -2.32. The smallest absolute Gasteiger partial charge is 0.245 e. The van der Waals surface area contributed by atoms with Crippen molar-refractivity contribution in [2.75, 3.05) is 19.6 Å². The molecule has 1 aliphatic rings. The molecule has 2 atom stereocenters. The van der Waals surface area contributed by atoms with Crippen molar-refractivity contribution in [1.29, 1.82) is 0 Å². The Kier molecular flexibility index (Phi) is 10.7. The quantitative estimate of drug-likeness (QED) is 0.0980. The van der Waals surface area contributed by atoms with Gasteiger partial charge < -0.3 is 32.7 Å². The van der Waals surface area contributed by atoms with Gasteiger partial charge in [-0.05, 0) is 36.8 Å². The maximum absolute atomic E-state index is 13.0. The highest BCUT2D eigenvalue weighted by molar-refractivity contribution is 7.11. The number of hydrogen-bond acceptors (Lipinski definition) is 8. The third-order valence-electron chi connectivity index (χ3n) is 6.06. The number of thiazole rings is 1. The number of nitrogens with one attached hydrogen (secondary N) is 2. The minimum absolute atomic E-state index is 0.0495. The molecule has 2 heterocycles. The number of ketones is 1. The van der Waals surface area contributed by atoms with Crippen LogP contribution in [0.4, 0.5) is 0 Å². The number of nitrogens with zero attached hydrogens (tertiary/aromatic N) is 3. The zero-order valence-corrected chi connectivity index (χ0v) is 21.9. The van der Waals surface area contributed by atoms with Crippen LogP contribution in [0.25, 0.3) is 0 Å². The number of benzene rings is 1. The van der Waals surface area contributed by atoms with Crippen LogP contribution in [-0.2, 0) is 27.3 Å². The van der Waals surface area contributed by atoms with Gasteiger partial charge in [-0.15, -0.1) is 11.3 Å². The number of amides is 3. The van der Waals surface area contributed by atoms with Crippen molar-refractivity contribution in [3.05, 3.63) is 52.0 Å². The summed E-state index contributed by atoms with van der Waals surface area (Å²) in [4.78, 5) is 60.7. The van der Waals surface area contributed by atoms with E-state index in [1.165, 1.54) is 22.4 Å². The third-order valence-corrected chi connectivity index (χ3v) is 6.85. The van der Waals surface area contributed by atoms with Gasteiger partial charge in [-0.3, -0.25) is 24.2 Å². The van der Waals surface area contributed by atoms with Gasteiger partial charge in [0.25, 0.3) is 0 Å². The van der Waals surface area contributed by atoms with Crippen molar-refractivity contribution in [2.24, 2.45) is 22.2 Å². The zero-order valence-electron chi connectivity index (χ0n) is 21.1. The van der Waals surface area contributed by atoms with E-state index in [2.05, 4.69) is 20.6 Å². The second-order valence-corrected chi connectivity index (χ2v) is 9.88. The zero-order chi connectivity index (χ0) is 27.5. The Hall–Kier alpha value is -3.84. The number of likely N-dealkylation sites (tertiary alicyclic amines) is 1. The standard InChI is InChI=1S/C25H34N8O4S/c26-14-17-7-5-16(6-8-17)13-20(34)32-19-4-2-11-33(24(19)37)15-21(35)31-18(3-1-9-30-25(27)28)22(36)23-29-10-12-38-23/h5-8,10,12,18-19H,1-4,9,11,13-15,26H2,(H,31,35)(H,32,34)(H4,27,28,30)/t18-,19-/m0/s1. The number of carbonyl (C=O) groups is 4. The Bertz CT molecular complexity index is 1130. The Labute approximate surface area is 225 Å². The van der Waals surface area contributed by atoms with Crippen molar-refractivity contribution >= 4 is 40.8 Å². The van der Waals surface area contributed by atoms with Crippen molar-refractivity contribution in [1.82, 2.24) is 20.5 Å². The highest BCUT2D eigenvalue weighted by Gasteiger charge is 2.32. The number of piperidine rings is 1. The Morgan fingerprint density at radius 3 is 2.55 bits per heavy atom. The van der Waals surface area contributed by atoms with Gasteiger partial charge in [-0.1, -0.05) is 24.3 Å². The SMILES string of the molecule is NCc1ccc(CC(=O)N[C@H]2CCCN(CC(=O)N[C@@H](CCCN=C(N)N)C(=O)c3nccs3)C2=O)cc1. The molecule has 204 valence electrons. The summed E-state index contributed by atoms with van der Waals surface area (Å²) in [7, 11) is 0. The number of guanidine groups is 1. The van der Waals surface area contributed by atoms with E-state index in [1.54, 1.807) is 5.38 Å². The molecule has 1 saturated heterocycles. The molecule has 1 aromatic heterocycles. The van der Waals surface area contributed by atoms with Crippen LogP contribution in [0.2, 0.25) is 0 Å². The largest absolute Gasteiger partial charge is 0.370 e. The fraction of sp³-hybridized carbons (Fsp3) is 0.440. The van der Waals surface area contributed by atoms with Crippen LogP contribution < -0.4 is 27.8 Å². The Morgan fingerprint density at radius 2 is 1.89 bits per heavy atom. The average Bonchev–Trinajstić information content (AvgIpc) is 3.43. The van der Waals surface area contributed by atoms with Crippen LogP contribution in [0.1, 0.15) is 46.6 Å². The molecule has 12 nitrogen and oxygen atoms in total. The predicted octanol–water partition coefficient (Wildman–Crippen LogP) is -0.327. The lowest BCUT2D eigenvalue weighted by molar-refractivity contribution is -0.141. The first-order valence-electron chi connectivity index (χ1n) is 12.4. The maximum atomic E-state index is 13.0. The van der Waals surface area contributed by atoms with Crippen molar-refractivity contribution in [3.63, 3.8) is 0 Å². The minimum Gasteiger partial charge on any atom is -0.370 e. The van der Waals surface area contributed by atoms with Crippen molar-refractivity contribution in [3.8, 4) is 0 Å². The maximum Gasteiger partial charge on any atom is 0.245 e. The minimum atomic E-state index is -0.830. The Morgan fingerprint density at radius 1 is 1.16 bits per heavy atom. The summed E-state index contributed by atoms with van der Waals surface area (Å²) in [6.07, 6.45) is 3.55. The summed E-state index contributed by atoms with van der Waals surface area (Å²) < 4.78 is 0. The van der Waals surface area contributed by atoms with E-state index >= 15 is 0 Å². The second kappa shape index (κ2) is 14.2. The molecular formula is C25H34N8O4S. The monoisotopic (exact) mass is 542 g/mol. The van der Waals surface area contributed by atoms with E-state index in [9.17, 15) is 19.2 Å². The molecule has 38 heavy (non-hydrogen) atoms. The van der Waals surface area contributed by atoms with Gasteiger partial charge in [0, 0.05) is 31.2 Å². The summed E-state index contributed by atoms with van der Waals surface area (Å²) in [5.74, 6) is -1.43. The molecular weight excluding hydrogens is 508 g/mol. The molecule has 8 N–H and O–H groups in total. The Balaban J connectivity index is 1.55. The normalized spacial score (nSPS) is 16.0. The fourth-order valence-electron chi connectivity index (χ4n) is 4.14. The van der Waals surface area contributed by atoms with Crippen LogP contribution in [0.5, 0.6) is 0 Å². The number of nitrogens with two attached hydrogens (primary N) is 3. The number of rotatable bonds is 13. The summed E-state index contributed by atoms with van der Waals surface area (Å²) in [5.41, 5.74) is 18.1. The molecule has 3 amide bonds. The predicted molar refractivity (Wildman–Crippen MR) is 144 cm³/mol. The van der Waals surface area contributed by atoms with E-state index in [0.717, 1.165) is 11.1 Å². The van der Waals surface area contributed by atoms with E-state index in [1.807, 2.05) is 24.3 Å². The number of aliphatic imine (C=N–C) groups is 1. The highest BCUT2D eigenvalue weighted by Crippen LogP contribution is 2.14. The molecule has 3 rings (SSSR count). The first-order valence-corrected chi connectivity index (χ1v) is 13.3. The van der Waals surface area contributed by atoms with E-state index in [4.69, 9.17) is 17.2 Å². The van der Waals surface area contributed by atoms with Gasteiger partial charge in [0.05, 0.1) is 19.0 Å². The van der Waals surface area contributed by atoms with Crippen molar-refractivity contribution < 1.29 is 19.2 Å². The van der Waals surface area contributed by atoms with Crippen molar-refractivity contribution in [2.45, 2.75) is 50.7 Å². The van der Waals surface area contributed by atoms with Crippen LogP contribution >= 0.6 is 11.3 Å². The van der Waals surface area contributed by atoms with Gasteiger partial charge in [0.15, 0.2) is 11.0 Å². The van der Waals surface area contributed by atoms with Gasteiger partial charge >= 0.3 is 0 Å². The molecule has 0 spiro atoms. The van der Waals surface area contributed by atoms with E-state index < -0.39 is 18.0 Å². The number of hydrogen-bond donors (Lipinski definition) is 5. The van der Waals surface area contributed by atoms with Crippen LogP contribution in [0.3, 0.4) is 0 Å². The lowest BCUT2D eigenvalue weighted by Crippen LogP contribution is -2.55. The molecule has 0 aliphatic carbocycles. The number of aromatic nitrogens is 1.